The summed E-state index contributed by atoms with van der Waals surface area (Å²) >= 11 is 0. The molecule has 0 fully saturated rings. The molecule has 1 aromatic heterocycles. The molecule has 0 radical (unpaired) electrons. The number of pyridine rings is 1. The fourth-order valence-corrected chi connectivity index (χ4v) is 2.06. The second-order valence-corrected chi connectivity index (χ2v) is 4.81. The summed E-state index contributed by atoms with van der Waals surface area (Å²) in [6, 6.07) is 15.2. The highest BCUT2D eigenvalue weighted by molar-refractivity contribution is 5.92. The molecule has 4 heteroatoms. The van der Waals surface area contributed by atoms with Gasteiger partial charge in [-0.3, -0.25) is 9.88 Å². The Morgan fingerprint density at radius 2 is 1.70 bits per heavy atom. The number of benzene rings is 1. The van der Waals surface area contributed by atoms with Gasteiger partial charge in [-0.05, 0) is 31.2 Å². The Hall–Kier alpha value is -2.36. The maximum atomic E-state index is 12.5. The van der Waals surface area contributed by atoms with E-state index in [0.717, 1.165) is 11.4 Å². The first-order valence-electron chi connectivity index (χ1n) is 6.57. The summed E-state index contributed by atoms with van der Waals surface area (Å²) in [6.45, 7) is 1.98. The average Bonchev–Trinajstić information content (AvgIpc) is 2.49. The van der Waals surface area contributed by atoms with Crippen molar-refractivity contribution in [1.82, 2.24) is 9.88 Å². The zero-order valence-corrected chi connectivity index (χ0v) is 12.0. The lowest BCUT2D eigenvalue weighted by atomic mass is 10.1. The van der Waals surface area contributed by atoms with Gasteiger partial charge in [-0.15, -0.1) is 0 Å². The van der Waals surface area contributed by atoms with Gasteiger partial charge in [0.1, 0.15) is 0 Å². The summed E-state index contributed by atoms with van der Waals surface area (Å²) in [5.74, 6) is 0. The Kier molecular flexibility index (Phi) is 4.35. The van der Waals surface area contributed by atoms with Crippen molar-refractivity contribution in [2.75, 3.05) is 19.0 Å². The van der Waals surface area contributed by atoms with E-state index in [1.54, 1.807) is 30.1 Å². The number of hydrogen-bond acceptors (Lipinski definition) is 2. The molecule has 104 valence electrons. The van der Waals surface area contributed by atoms with Gasteiger partial charge in [0.15, 0.2) is 0 Å². The second-order valence-electron chi connectivity index (χ2n) is 4.81. The maximum absolute atomic E-state index is 12.5. The van der Waals surface area contributed by atoms with Gasteiger partial charge >= 0.3 is 6.03 Å². The third kappa shape index (κ3) is 2.96. The number of carbonyl (C=O) groups is 1. The molecular formula is C16H19N3O. The van der Waals surface area contributed by atoms with E-state index in [0.29, 0.717) is 0 Å². The lowest BCUT2D eigenvalue weighted by Gasteiger charge is -2.31. The van der Waals surface area contributed by atoms with E-state index in [9.17, 15) is 4.79 Å². The highest BCUT2D eigenvalue weighted by Gasteiger charge is 2.25. The third-order valence-corrected chi connectivity index (χ3v) is 3.13. The van der Waals surface area contributed by atoms with Crippen molar-refractivity contribution >= 4 is 11.7 Å². The normalized spacial score (nSPS) is 11.8. The molecule has 20 heavy (non-hydrogen) atoms. The standard InChI is InChI=1S/C16H19N3O/c1-13(15-11-7-8-12-17-15)19(16(20)18(2)3)14-9-5-4-6-10-14/h4-13H,1-3H3. The summed E-state index contributed by atoms with van der Waals surface area (Å²) in [5.41, 5.74) is 1.73. The van der Waals surface area contributed by atoms with Gasteiger partial charge in [-0.1, -0.05) is 24.3 Å². The van der Waals surface area contributed by atoms with Gasteiger partial charge in [-0.2, -0.15) is 0 Å². The first-order chi connectivity index (χ1) is 9.61. The minimum atomic E-state index is -0.131. The Morgan fingerprint density at radius 3 is 2.25 bits per heavy atom. The Bertz CT molecular complexity index is 554. The molecule has 0 aliphatic heterocycles. The van der Waals surface area contributed by atoms with Crippen LogP contribution in [0.2, 0.25) is 0 Å². The molecule has 2 rings (SSSR count). The number of aromatic nitrogens is 1. The van der Waals surface area contributed by atoms with Gasteiger partial charge in [0.2, 0.25) is 0 Å². The van der Waals surface area contributed by atoms with Crippen molar-refractivity contribution in [2.45, 2.75) is 13.0 Å². The van der Waals surface area contributed by atoms with Crippen LogP contribution >= 0.6 is 0 Å². The van der Waals surface area contributed by atoms with Crippen LogP contribution in [-0.2, 0) is 0 Å². The van der Waals surface area contributed by atoms with E-state index in [1.165, 1.54) is 0 Å². The van der Waals surface area contributed by atoms with Gasteiger partial charge in [0.05, 0.1) is 11.7 Å². The summed E-state index contributed by atoms with van der Waals surface area (Å²) in [6.07, 6.45) is 1.75. The average molecular weight is 269 g/mol. The molecule has 1 unspecified atom stereocenters. The molecule has 0 aliphatic rings. The predicted octanol–water partition coefficient (Wildman–Crippen LogP) is 3.33. The van der Waals surface area contributed by atoms with Gasteiger partial charge in [0, 0.05) is 26.0 Å². The van der Waals surface area contributed by atoms with Crippen molar-refractivity contribution < 1.29 is 4.79 Å². The lowest BCUT2D eigenvalue weighted by Crippen LogP contribution is -2.41. The summed E-state index contributed by atoms with van der Waals surface area (Å²) in [4.78, 5) is 20.2. The number of carbonyl (C=O) groups excluding carboxylic acids is 1. The summed E-state index contributed by atoms with van der Waals surface area (Å²) in [7, 11) is 3.51. The summed E-state index contributed by atoms with van der Waals surface area (Å²) < 4.78 is 0. The van der Waals surface area contributed by atoms with Crippen LogP contribution in [0.1, 0.15) is 18.7 Å². The molecular weight excluding hydrogens is 250 g/mol. The fourth-order valence-electron chi connectivity index (χ4n) is 2.06. The minimum absolute atomic E-state index is 0.0608. The molecule has 0 saturated carbocycles. The number of hydrogen-bond donors (Lipinski definition) is 0. The van der Waals surface area contributed by atoms with Crippen LogP contribution in [0, 0.1) is 0 Å². The quantitative estimate of drug-likeness (QED) is 0.857. The smallest absolute Gasteiger partial charge is 0.324 e. The molecule has 4 nitrogen and oxygen atoms in total. The third-order valence-electron chi connectivity index (χ3n) is 3.13. The van der Waals surface area contributed by atoms with E-state index in [4.69, 9.17) is 0 Å². The molecule has 1 aromatic carbocycles. The Labute approximate surface area is 119 Å². The molecule has 2 aromatic rings. The van der Waals surface area contributed by atoms with Crippen molar-refractivity contribution in [3.05, 3.63) is 60.4 Å². The van der Waals surface area contributed by atoms with Gasteiger partial charge in [0.25, 0.3) is 0 Å². The first kappa shape index (κ1) is 14.1. The van der Waals surface area contributed by atoms with E-state index < -0.39 is 0 Å². The highest BCUT2D eigenvalue weighted by Crippen LogP contribution is 2.26. The molecule has 1 atom stereocenters. The van der Waals surface area contributed by atoms with Crippen LogP contribution in [0.4, 0.5) is 10.5 Å². The van der Waals surface area contributed by atoms with Crippen LogP contribution in [0.5, 0.6) is 0 Å². The van der Waals surface area contributed by atoms with Crippen LogP contribution in [-0.4, -0.2) is 30.0 Å². The van der Waals surface area contributed by atoms with Gasteiger partial charge < -0.3 is 4.90 Å². The van der Waals surface area contributed by atoms with Crippen molar-refractivity contribution in [3.63, 3.8) is 0 Å². The van der Waals surface area contributed by atoms with E-state index in [2.05, 4.69) is 4.98 Å². The largest absolute Gasteiger partial charge is 0.330 e. The zero-order valence-electron chi connectivity index (χ0n) is 12.0. The molecule has 0 N–H and O–H groups in total. The Balaban J connectivity index is 2.40. The van der Waals surface area contributed by atoms with Crippen LogP contribution < -0.4 is 4.90 Å². The fraction of sp³-hybridized carbons (Fsp3) is 0.250. The second kappa shape index (κ2) is 6.19. The molecule has 2 amide bonds. The number of nitrogens with zero attached hydrogens (tertiary/aromatic N) is 3. The van der Waals surface area contributed by atoms with Crippen LogP contribution in [0.3, 0.4) is 0 Å². The van der Waals surface area contributed by atoms with E-state index in [-0.39, 0.29) is 12.1 Å². The van der Waals surface area contributed by atoms with Crippen molar-refractivity contribution in [2.24, 2.45) is 0 Å². The lowest BCUT2D eigenvalue weighted by molar-refractivity contribution is 0.221. The Morgan fingerprint density at radius 1 is 1.05 bits per heavy atom. The minimum Gasteiger partial charge on any atom is -0.330 e. The molecule has 0 spiro atoms. The molecule has 0 bridgehead atoms. The first-order valence-corrected chi connectivity index (χ1v) is 6.57. The molecule has 1 heterocycles. The zero-order chi connectivity index (χ0) is 14.5. The number of anilines is 1. The predicted molar refractivity (Wildman–Crippen MR) is 80.7 cm³/mol. The monoisotopic (exact) mass is 269 g/mol. The van der Waals surface area contributed by atoms with Gasteiger partial charge in [-0.25, -0.2) is 4.79 Å². The van der Waals surface area contributed by atoms with Crippen LogP contribution in [0.25, 0.3) is 0 Å². The number of urea groups is 1. The molecule has 0 aliphatic carbocycles. The van der Waals surface area contributed by atoms with E-state index >= 15 is 0 Å². The SMILES string of the molecule is CC(c1ccccn1)N(C(=O)N(C)C)c1ccccc1. The van der Waals surface area contributed by atoms with E-state index in [1.807, 2.05) is 55.5 Å². The topological polar surface area (TPSA) is 36.4 Å². The number of amides is 2. The molecule has 0 saturated heterocycles. The van der Waals surface area contributed by atoms with Crippen molar-refractivity contribution in [1.29, 1.82) is 0 Å². The summed E-state index contributed by atoms with van der Waals surface area (Å²) in [5, 5.41) is 0. The number of rotatable bonds is 3. The highest BCUT2D eigenvalue weighted by atomic mass is 16.2. The number of para-hydroxylation sites is 1. The maximum Gasteiger partial charge on any atom is 0.324 e. The van der Waals surface area contributed by atoms with Crippen LogP contribution in [0.15, 0.2) is 54.7 Å². The van der Waals surface area contributed by atoms with Crippen molar-refractivity contribution in [3.8, 4) is 0 Å².